The molecule has 1 amide bonds. The van der Waals surface area contributed by atoms with Crippen LogP contribution in [-0.4, -0.2) is 20.7 Å². The number of nitrogens with zero attached hydrogens (tertiary/aromatic N) is 3. The number of carbonyl (C=O) groups is 1. The highest BCUT2D eigenvalue weighted by atomic mass is 16.2. The topological polar surface area (TPSA) is 76.9 Å². The molecule has 1 N–H and O–H groups in total. The lowest BCUT2D eigenvalue weighted by Gasteiger charge is -2.07. The van der Waals surface area contributed by atoms with Crippen LogP contribution >= 0.6 is 0 Å². The molecule has 3 aromatic rings. The lowest BCUT2D eigenvalue weighted by atomic mass is 10.2. The van der Waals surface area contributed by atoms with E-state index < -0.39 is 0 Å². The van der Waals surface area contributed by atoms with E-state index in [2.05, 4.69) is 15.4 Å². The molecule has 110 valence electrons. The number of aromatic nitrogens is 3. The van der Waals surface area contributed by atoms with E-state index in [-0.39, 0.29) is 18.0 Å². The first kappa shape index (κ1) is 13.9. The minimum Gasteiger partial charge on any atom is -0.349 e. The number of rotatable bonds is 4. The second kappa shape index (κ2) is 6.17. The van der Waals surface area contributed by atoms with Gasteiger partial charge in [-0.2, -0.15) is 5.10 Å². The van der Waals surface area contributed by atoms with Crippen LogP contribution in [0.25, 0.3) is 10.8 Å². The van der Waals surface area contributed by atoms with Crippen molar-refractivity contribution in [1.82, 2.24) is 20.1 Å². The molecule has 0 unspecified atom stereocenters. The molecule has 0 spiro atoms. The van der Waals surface area contributed by atoms with Gasteiger partial charge in [0.1, 0.15) is 6.54 Å². The number of nitrogens with one attached hydrogen (secondary N) is 1. The summed E-state index contributed by atoms with van der Waals surface area (Å²) in [6.45, 7) is 0.207. The summed E-state index contributed by atoms with van der Waals surface area (Å²) in [4.78, 5) is 28.3. The van der Waals surface area contributed by atoms with Crippen molar-refractivity contribution in [1.29, 1.82) is 0 Å². The number of fused-ring (bicyclic) bond motifs is 1. The van der Waals surface area contributed by atoms with Crippen LogP contribution in [0.15, 0.2) is 59.7 Å². The normalized spacial score (nSPS) is 10.5. The summed E-state index contributed by atoms with van der Waals surface area (Å²) in [5.41, 5.74) is 0.487. The van der Waals surface area contributed by atoms with Gasteiger partial charge in [-0.15, -0.1) is 0 Å². The van der Waals surface area contributed by atoms with Crippen molar-refractivity contribution in [3.05, 3.63) is 70.9 Å². The molecule has 2 aromatic heterocycles. The molecule has 0 saturated carbocycles. The molecular weight excluding hydrogens is 280 g/mol. The Morgan fingerprint density at radius 2 is 1.95 bits per heavy atom. The molecule has 0 aliphatic rings. The molecule has 3 rings (SSSR count). The van der Waals surface area contributed by atoms with Crippen molar-refractivity contribution in [2.75, 3.05) is 0 Å². The van der Waals surface area contributed by atoms with Crippen LogP contribution in [-0.2, 0) is 17.9 Å². The Morgan fingerprint density at radius 1 is 1.14 bits per heavy atom. The molecule has 1 aromatic carbocycles. The van der Waals surface area contributed by atoms with E-state index in [9.17, 15) is 9.59 Å². The summed E-state index contributed by atoms with van der Waals surface area (Å²) >= 11 is 0. The molecule has 0 saturated heterocycles. The van der Waals surface area contributed by atoms with E-state index >= 15 is 0 Å². The van der Waals surface area contributed by atoms with Gasteiger partial charge < -0.3 is 5.32 Å². The maximum Gasteiger partial charge on any atom is 0.275 e. The van der Waals surface area contributed by atoms with Gasteiger partial charge in [-0.05, 0) is 18.2 Å². The quantitative estimate of drug-likeness (QED) is 0.782. The van der Waals surface area contributed by atoms with Crippen LogP contribution in [0, 0.1) is 0 Å². The Bertz CT molecular complexity index is 859. The molecule has 22 heavy (non-hydrogen) atoms. The molecule has 6 heteroatoms. The van der Waals surface area contributed by atoms with Crippen molar-refractivity contribution in [2.24, 2.45) is 0 Å². The number of benzene rings is 1. The molecule has 0 aliphatic heterocycles. The van der Waals surface area contributed by atoms with E-state index in [0.717, 1.165) is 15.8 Å². The third kappa shape index (κ3) is 3.01. The van der Waals surface area contributed by atoms with Gasteiger partial charge in [-0.3, -0.25) is 14.6 Å². The van der Waals surface area contributed by atoms with Gasteiger partial charge in [0.15, 0.2) is 0 Å². The Kier molecular flexibility index (Phi) is 3.91. The van der Waals surface area contributed by atoms with Gasteiger partial charge in [0.2, 0.25) is 5.91 Å². The Hall–Kier alpha value is -3.02. The molecule has 0 atom stereocenters. The summed E-state index contributed by atoms with van der Waals surface area (Å²) in [7, 11) is 0. The summed E-state index contributed by atoms with van der Waals surface area (Å²) in [5.74, 6) is -0.282. The average molecular weight is 294 g/mol. The lowest BCUT2D eigenvalue weighted by Crippen LogP contribution is -2.33. The van der Waals surface area contributed by atoms with Crippen LogP contribution in [0.1, 0.15) is 5.69 Å². The maximum absolute atomic E-state index is 12.2. The van der Waals surface area contributed by atoms with Crippen LogP contribution < -0.4 is 10.9 Å². The maximum atomic E-state index is 12.2. The highest BCUT2D eigenvalue weighted by Crippen LogP contribution is 2.06. The fourth-order valence-corrected chi connectivity index (χ4v) is 2.12. The monoisotopic (exact) mass is 294 g/mol. The van der Waals surface area contributed by atoms with Gasteiger partial charge in [-0.1, -0.05) is 24.3 Å². The first-order valence-electron chi connectivity index (χ1n) is 6.85. The minimum atomic E-state index is -0.282. The molecular formula is C16H14N4O2. The average Bonchev–Trinajstić information content (AvgIpc) is 2.57. The van der Waals surface area contributed by atoms with Gasteiger partial charge in [0.25, 0.3) is 5.56 Å². The third-order valence-electron chi connectivity index (χ3n) is 3.25. The zero-order chi connectivity index (χ0) is 15.4. The number of amides is 1. The Balaban J connectivity index is 1.72. The third-order valence-corrected chi connectivity index (χ3v) is 3.25. The van der Waals surface area contributed by atoms with Gasteiger partial charge in [0.05, 0.1) is 23.8 Å². The van der Waals surface area contributed by atoms with Crippen molar-refractivity contribution in [2.45, 2.75) is 13.1 Å². The van der Waals surface area contributed by atoms with Crippen LogP contribution in [0.4, 0.5) is 0 Å². The van der Waals surface area contributed by atoms with E-state index in [0.29, 0.717) is 11.9 Å². The van der Waals surface area contributed by atoms with Crippen LogP contribution in [0.3, 0.4) is 0 Å². The Morgan fingerprint density at radius 3 is 2.77 bits per heavy atom. The largest absolute Gasteiger partial charge is 0.349 e. The first-order valence-corrected chi connectivity index (χ1v) is 6.85. The van der Waals surface area contributed by atoms with Gasteiger partial charge in [0, 0.05) is 11.6 Å². The van der Waals surface area contributed by atoms with Crippen molar-refractivity contribution < 1.29 is 4.79 Å². The lowest BCUT2D eigenvalue weighted by molar-refractivity contribution is -0.122. The van der Waals surface area contributed by atoms with E-state index in [1.165, 1.54) is 0 Å². The smallest absolute Gasteiger partial charge is 0.275 e. The summed E-state index contributed by atoms with van der Waals surface area (Å²) in [6.07, 6.45) is 3.25. The number of hydrogen-bond donors (Lipinski definition) is 1. The fraction of sp³-hybridized carbons (Fsp3) is 0.125. The molecule has 0 aliphatic carbocycles. The highest BCUT2D eigenvalue weighted by Gasteiger charge is 2.08. The molecule has 0 fully saturated rings. The second-order valence-electron chi connectivity index (χ2n) is 4.79. The van der Waals surface area contributed by atoms with Crippen molar-refractivity contribution >= 4 is 16.7 Å². The predicted octanol–water partition coefficient (Wildman–Crippen LogP) is 1.11. The summed E-state index contributed by atoms with van der Waals surface area (Å²) < 4.78 is 1.16. The molecule has 0 bridgehead atoms. The van der Waals surface area contributed by atoms with Crippen LogP contribution in [0.2, 0.25) is 0 Å². The number of pyridine rings is 1. The van der Waals surface area contributed by atoms with Crippen LogP contribution in [0.5, 0.6) is 0 Å². The highest BCUT2D eigenvalue weighted by molar-refractivity contribution is 5.81. The molecule has 0 radical (unpaired) electrons. The SMILES string of the molecule is O=C(Cn1ncc2ccccc2c1=O)NCc1ccccn1. The van der Waals surface area contributed by atoms with Gasteiger partial charge >= 0.3 is 0 Å². The number of carbonyl (C=O) groups excluding carboxylic acids is 1. The van der Waals surface area contributed by atoms with E-state index in [4.69, 9.17) is 0 Å². The van der Waals surface area contributed by atoms with Gasteiger partial charge in [-0.25, -0.2) is 4.68 Å². The first-order chi connectivity index (χ1) is 10.7. The molecule has 2 heterocycles. The zero-order valence-electron chi connectivity index (χ0n) is 11.8. The van der Waals surface area contributed by atoms with E-state index in [1.54, 1.807) is 24.5 Å². The number of hydrogen-bond acceptors (Lipinski definition) is 4. The molecule has 6 nitrogen and oxygen atoms in total. The summed E-state index contributed by atoms with van der Waals surface area (Å²) in [5, 5.41) is 8.06. The van der Waals surface area contributed by atoms with E-state index in [1.807, 2.05) is 30.3 Å². The predicted molar refractivity (Wildman–Crippen MR) is 82.1 cm³/mol. The summed E-state index contributed by atoms with van der Waals surface area (Å²) in [6, 6.07) is 12.6. The Labute approximate surface area is 126 Å². The zero-order valence-corrected chi connectivity index (χ0v) is 11.8. The minimum absolute atomic E-state index is 0.115. The standard InChI is InChI=1S/C16H14N4O2/c21-15(18-10-13-6-3-4-8-17-13)11-20-16(22)14-7-2-1-5-12(14)9-19-20/h1-9H,10-11H2,(H,18,21). The fourth-order valence-electron chi connectivity index (χ4n) is 2.12. The second-order valence-corrected chi connectivity index (χ2v) is 4.79. The van der Waals surface area contributed by atoms with Crippen molar-refractivity contribution in [3.8, 4) is 0 Å². The van der Waals surface area contributed by atoms with Crippen molar-refractivity contribution in [3.63, 3.8) is 0 Å².